The van der Waals surface area contributed by atoms with Crippen molar-refractivity contribution in [2.45, 2.75) is 39.3 Å². The summed E-state index contributed by atoms with van der Waals surface area (Å²) in [6, 6.07) is 8.73. The van der Waals surface area contributed by atoms with E-state index in [-0.39, 0.29) is 29.0 Å². The van der Waals surface area contributed by atoms with E-state index in [1.165, 1.54) is 6.92 Å². The summed E-state index contributed by atoms with van der Waals surface area (Å²) >= 11 is 0. The lowest BCUT2D eigenvalue weighted by Gasteiger charge is -2.24. The Hall–Kier alpha value is -2.96. The van der Waals surface area contributed by atoms with Gasteiger partial charge in [0.15, 0.2) is 0 Å². The van der Waals surface area contributed by atoms with Crippen molar-refractivity contribution in [3.05, 3.63) is 63.3 Å². The molecule has 2 N–H and O–H groups in total. The third-order valence-corrected chi connectivity index (χ3v) is 4.49. The Balaban J connectivity index is 1.84. The van der Waals surface area contributed by atoms with Crippen LogP contribution in [0.5, 0.6) is 0 Å². The van der Waals surface area contributed by atoms with Crippen LogP contribution in [0.15, 0.2) is 35.1 Å². The highest BCUT2D eigenvalue weighted by molar-refractivity contribution is 5.94. The minimum atomic E-state index is -0.368. The molecule has 7 nitrogen and oxygen atoms in total. The monoisotopic (exact) mass is 354 g/mol. The van der Waals surface area contributed by atoms with Gasteiger partial charge in [-0.3, -0.25) is 19.4 Å². The van der Waals surface area contributed by atoms with E-state index in [2.05, 4.69) is 15.3 Å². The second kappa shape index (κ2) is 7.51. The van der Waals surface area contributed by atoms with Gasteiger partial charge in [0.2, 0.25) is 5.91 Å². The maximum Gasteiger partial charge on any atom is 0.260 e. The van der Waals surface area contributed by atoms with Gasteiger partial charge in [0, 0.05) is 19.2 Å². The molecule has 1 atom stereocenters. The second-order valence-corrected chi connectivity index (χ2v) is 6.50. The number of H-pyrrole nitrogens is 1. The van der Waals surface area contributed by atoms with Crippen molar-refractivity contribution in [3.8, 4) is 0 Å². The van der Waals surface area contributed by atoms with Gasteiger partial charge in [-0.25, -0.2) is 0 Å². The largest absolute Gasteiger partial charge is 0.351 e. The molecule has 1 saturated heterocycles. The predicted molar refractivity (Wildman–Crippen MR) is 96.6 cm³/mol. The van der Waals surface area contributed by atoms with Crippen LogP contribution in [-0.2, 0) is 11.3 Å². The van der Waals surface area contributed by atoms with Crippen molar-refractivity contribution in [1.29, 1.82) is 0 Å². The lowest BCUT2D eigenvalue weighted by molar-refractivity contribution is -0.119. The van der Waals surface area contributed by atoms with Crippen LogP contribution < -0.4 is 10.9 Å². The van der Waals surface area contributed by atoms with Crippen molar-refractivity contribution < 1.29 is 9.59 Å². The number of likely N-dealkylation sites (tertiary alicyclic amines) is 1. The maximum atomic E-state index is 12.9. The normalized spacial score (nSPS) is 16.5. The van der Waals surface area contributed by atoms with Crippen molar-refractivity contribution >= 4 is 11.8 Å². The van der Waals surface area contributed by atoms with Crippen molar-refractivity contribution in [2.24, 2.45) is 0 Å². The zero-order valence-corrected chi connectivity index (χ0v) is 14.9. The van der Waals surface area contributed by atoms with E-state index in [0.29, 0.717) is 13.1 Å². The molecule has 0 bridgehead atoms. The Morgan fingerprint density at radius 3 is 2.85 bits per heavy atom. The van der Waals surface area contributed by atoms with Gasteiger partial charge in [-0.05, 0) is 44.0 Å². The van der Waals surface area contributed by atoms with E-state index >= 15 is 0 Å². The number of hydrogen-bond acceptors (Lipinski definition) is 4. The number of amides is 2. The molecule has 1 fully saturated rings. The van der Waals surface area contributed by atoms with Gasteiger partial charge in [-0.15, -0.1) is 0 Å². The highest BCUT2D eigenvalue weighted by Gasteiger charge is 2.32. The SMILES string of the molecule is CC(=O)NCc1cccc([C@@H]2CCCN2C(=O)c2ccc(C)[nH]c2=O)n1. The quantitative estimate of drug-likeness (QED) is 0.873. The number of rotatable bonds is 4. The Labute approximate surface area is 151 Å². The number of aryl methyl sites for hydroxylation is 1. The standard InChI is InChI=1S/C19H22N4O3/c1-12-8-9-15(18(25)21-12)19(26)23-10-4-7-17(23)16-6-3-5-14(22-16)11-20-13(2)24/h3,5-6,8-9,17H,4,7,10-11H2,1-2H3,(H,20,24)(H,21,25)/t17-/m0/s1. The molecule has 0 saturated carbocycles. The van der Waals surface area contributed by atoms with Crippen molar-refractivity contribution in [2.75, 3.05) is 6.54 Å². The molecule has 1 aliphatic rings. The van der Waals surface area contributed by atoms with Gasteiger partial charge in [0.1, 0.15) is 5.56 Å². The first-order valence-electron chi connectivity index (χ1n) is 8.67. The van der Waals surface area contributed by atoms with Crippen LogP contribution in [0.3, 0.4) is 0 Å². The van der Waals surface area contributed by atoms with Gasteiger partial charge < -0.3 is 15.2 Å². The molecule has 0 aromatic carbocycles. The summed E-state index contributed by atoms with van der Waals surface area (Å²) in [5.74, 6) is -0.392. The van der Waals surface area contributed by atoms with E-state index in [1.54, 1.807) is 24.0 Å². The minimum absolute atomic E-state index is 0.117. The van der Waals surface area contributed by atoms with Crippen molar-refractivity contribution in [3.63, 3.8) is 0 Å². The first-order valence-corrected chi connectivity index (χ1v) is 8.67. The van der Waals surface area contributed by atoms with Crippen LogP contribution in [-0.4, -0.2) is 33.2 Å². The number of pyridine rings is 2. The van der Waals surface area contributed by atoms with E-state index < -0.39 is 0 Å². The lowest BCUT2D eigenvalue weighted by atomic mass is 10.1. The zero-order valence-electron chi connectivity index (χ0n) is 14.9. The molecule has 2 aromatic heterocycles. The van der Waals surface area contributed by atoms with Crippen LogP contribution in [0.4, 0.5) is 0 Å². The highest BCUT2D eigenvalue weighted by atomic mass is 16.2. The van der Waals surface area contributed by atoms with Gasteiger partial charge >= 0.3 is 0 Å². The number of hydrogen-bond donors (Lipinski definition) is 2. The first-order chi connectivity index (χ1) is 12.5. The molecule has 2 aromatic rings. The molecule has 7 heteroatoms. The van der Waals surface area contributed by atoms with Gasteiger partial charge in [-0.2, -0.15) is 0 Å². The molecule has 0 radical (unpaired) electrons. The summed E-state index contributed by atoms with van der Waals surface area (Å²) in [4.78, 5) is 45.1. The lowest BCUT2D eigenvalue weighted by Crippen LogP contribution is -2.35. The summed E-state index contributed by atoms with van der Waals surface area (Å²) in [5.41, 5.74) is 2.02. The number of aromatic amines is 1. The fourth-order valence-electron chi connectivity index (χ4n) is 3.21. The number of carbonyl (C=O) groups is 2. The van der Waals surface area contributed by atoms with Crippen LogP contribution in [0.25, 0.3) is 0 Å². The molecule has 3 rings (SSSR count). The summed E-state index contributed by atoms with van der Waals surface area (Å²) in [5, 5.41) is 2.72. The smallest absolute Gasteiger partial charge is 0.260 e. The van der Waals surface area contributed by atoms with E-state index in [9.17, 15) is 14.4 Å². The second-order valence-electron chi connectivity index (χ2n) is 6.50. The Morgan fingerprint density at radius 1 is 1.31 bits per heavy atom. The Bertz CT molecular complexity index is 890. The van der Waals surface area contributed by atoms with Crippen LogP contribution in [0, 0.1) is 6.92 Å². The molecule has 0 unspecified atom stereocenters. The summed E-state index contributed by atoms with van der Waals surface area (Å²) in [6.45, 7) is 4.18. The summed E-state index contributed by atoms with van der Waals surface area (Å²) in [7, 11) is 0. The van der Waals surface area contributed by atoms with Crippen LogP contribution in [0.1, 0.15) is 53.2 Å². The Kier molecular flexibility index (Phi) is 5.16. The van der Waals surface area contributed by atoms with Crippen LogP contribution in [0.2, 0.25) is 0 Å². The molecule has 0 spiro atoms. The fraction of sp³-hybridized carbons (Fsp3) is 0.368. The number of aromatic nitrogens is 2. The fourth-order valence-corrected chi connectivity index (χ4v) is 3.21. The number of carbonyl (C=O) groups excluding carboxylic acids is 2. The molecule has 0 aliphatic carbocycles. The van der Waals surface area contributed by atoms with Crippen molar-refractivity contribution in [1.82, 2.24) is 20.2 Å². The Morgan fingerprint density at radius 2 is 2.12 bits per heavy atom. The molecular formula is C19H22N4O3. The average molecular weight is 354 g/mol. The van der Waals surface area contributed by atoms with E-state index in [4.69, 9.17) is 0 Å². The third-order valence-electron chi connectivity index (χ3n) is 4.49. The average Bonchev–Trinajstić information content (AvgIpc) is 3.09. The molecule has 3 heterocycles. The topological polar surface area (TPSA) is 95.2 Å². The predicted octanol–water partition coefficient (Wildman–Crippen LogP) is 1.69. The van der Waals surface area contributed by atoms with Gasteiger partial charge in [-0.1, -0.05) is 6.07 Å². The van der Waals surface area contributed by atoms with E-state index in [0.717, 1.165) is 29.9 Å². The highest BCUT2D eigenvalue weighted by Crippen LogP contribution is 2.31. The molecule has 2 amide bonds. The molecule has 136 valence electrons. The summed E-state index contributed by atoms with van der Waals surface area (Å²) in [6.07, 6.45) is 1.66. The minimum Gasteiger partial charge on any atom is -0.351 e. The first kappa shape index (κ1) is 17.8. The summed E-state index contributed by atoms with van der Waals surface area (Å²) < 4.78 is 0. The maximum absolute atomic E-state index is 12.9. The van der Waals surface area contributed by atoms with Gasteiger partial charge in [0.05, 0.1) is 24.0 Å². The zero-order chi connectivity index (χ0) is 18.7. The third kappa shape index (κ3) is 3.82. The van der Waals surface area contributed by atoms with Gasteiger partial charge in [0.25, 0.3) is 11.5 Å². The number of nitrogens with zero attached hydrogens (tertiary/aromatic N) is 2. The molecule has 1 aliphatic heterocycles. The van der Waals surface area contributed by atoms with Crippen LogP contribution >= 0.6 is 0 Å². The number of nitrogens with one attached hydrogen (secondary N) is 2. The molecular weight excluding hydrogens is 332 g/mol. The molecule has 26 heavy (non-hydrogen) atoms. The van der Waals surface area contributed by atoms with E-state index in [1.807, 2.05) is 18.2 Å².